The summed E-state index contributed by atoms with van der Waals surface area (Å²) >= 11 is 3.55. The van der Waals surface area contributed by atoms with Crippen molar-refractivity contribution in [3.8, 4) is 0 Å². The average Bonchev–Trinajstić information content (AvgIpc) is 2.38. The maximum absolute atomic E-state index is 9.03. The molecule has 0 bridgehead atoms. The third-order valence-electron chi connectivity index (χ3n) is 3.16. The Morgan fingerprint density at radius 2 is 2.00 bits per heavy atom. The van der Waals surface area contributed by atoms with Crippen molar-refractivity contribution in [3.63, 3.8) is 0 Å². The van der Waals surface area contributed by atoms with Crippen LogP contribution in [-0.2, 0) is 6.54 Å². The smallest absolute Gasteiger partial charge is 0.0447 e. The molecule has 20 heavy (non-hydrogen) atoms. The molecule has 0 saturated heterocycles. The summed E-state index contributed by atoms with van der Waals surface area (Å²) in [6.07, 6.45) is 0.802. The van der Waals surface area contributed by atoms with Gasteiger partial charge < -0.3 is 15.3 Å². The summed E-state index contributed by atoms with van der Waals surface area (Å²) in [7, 11) is 0. The van der Waals surface area contributed by atoms with Gasteiger partial charge in [0, 0.05) is 41.9 Å². The minimum Gasteiger partial charge on any atom is -0.396 e. The third-order valence-corrected chi connectivity index (χ3v) is 3.65. The molecule has 1 rings (SSSR count). The fourth-order valence-corrected chi connectivity index (χ4v) is 2.48. The molecule has 0 unspecified atom stereocenters. The molecule has 1 aromatic carbocycles. The summed E-state index contributed by atoms with van der Waals surface area (Å²) in [5.41, 5.74) is 2.64. The monoisotopic (exact) mass is 342 g/mol. The zero-order chi connectivity index (χ0) is 15.2. The predicted octanol–water partition coefficient (Wildman–Crippen LogP) is 3.55. The van der Waals surface area contributed by atoms with Gasteiger partial charge in [-0.2, -0.15) is 0 Å². The van der Waals surface area contributed by atoms with Crippen molar-refractivity contribution in [2.75, 3.05) is 24.6 Å². The minimum atomic E-state index is 0.0989. The number of benzene rings is 1. The number of aliphatic hydroxyl groups is 1. The van der Waals surface area contributed by atoms with E-state index in [-0.39, 0.29) is 12.1 Å². The highest BCUT2D eigenvalue weighted by Crippen LogP contribution is 2.25. The molecule has 114 valence electrons. The maximum atomic E-state index is 9.03. The van der Waals surface area contributed by atoms with E-state index < -0.39 is 0 Å². The van der Waals surface area contributed by atoms with Gasteiger partial charge in [0.1, 0.15) is 0 Å². The van der Waals surface area contributed by atoms with Gasteiger partial charge in [0.25, 0.3) is 0 Å². The second-order valence-electron chi connectivity index (χ2n) is 6.03. The van der Waals surface area contributed by atoms with E-state index >= 15 is 0 Å². The molecule has 1 aromatic rings. The first-order valence-electron chi connectivity index (χ1n) is 7.26. The zero-order valence-electron chi connectivity index (χ0n) is 13.0. The highest BCUT2D eigenvalue weighted by Gasteiger charge is 2.13. The normalized spacial score (nSPS) is 11.7. The van der Waals surface area contributed by atoms with E-state index in [9.17, 15) is 0 Å². The van der Waals surface area contributed by atoms with Gasteiger partial charge in [-0.15, -0.1) is 0 Å². The Labute approximate surface area is 131 Å². The van der Waals surface area contributed by atoms with Gasteiger partial charge in [0.05, 0.1) is 0 Å². The van der Waals surface area contributed by atoms with Gasteiger partial charge in [0.15, 0.2) is 0 Å². The van der Waals surface area contributed by atoms with Crippen LogP contribution in [0.5, 0.6) is 0 Å². The molecule has 0 aromatic heterocycles. The molecule has 0 fully saturated rings. The Kier molecular flexibility index (Phi) is 7.00. The molecule has 4 heteroatoms. The largest absolute Gasteiger partial charge is 0.396 e. The van der Waals surface area contributed by atoms with E-state index in [2.05, 4.69) is 72.0 Å². The molecule has 0 heterocycles. The Balaban J connectivity index is 2.93. The van der Waals surface area contributed by atoms with Crippen LogP contribution < -0.4 is 10.2 Å². The van der Waals surface area contributed by atoms with Gasteiger partial charge in [-0.1, -0.05) is 15.9 Å². The molecule has 0 aliphatic carbocycles. The van der Waals surface area contributed by atoms with Crippen LogP contribution in [0, 0.1) is 0 Å². The fourth-order valence-electron chi connectivity index (χ4n) is 2.08. The number of nitrogens with zero attached hydrogens (tertiary/aromatic N) is 1. The summed E-state index contributed by atoms with van der Waals surface area (Å²) in [6, 6.07) is 6.41. The summed E-state index contributed by atoms with van der Waals surface area (Å²) in [5.74, 6) is 0. The molecule has 0 aliphatic rings. The standard InChI is InChI=1S/C16H27BrN2O/c1-5-19(9-6-10-20)15-8-7-14(17)11-13(15)12-18-16(2,3)4/h7-8,11,18,20H,5-6,9-10,12H2,1-4H3. The second-order valence-corrected chi connectivity index (χ2v) is 6.95. The lowest BCUT2D eigenvalue weighted by Crippen LogP contribution is -2.36. The van der Waals surface area contributed by atoms with Crippen molar-refractivity contribution in [3.05, 3.63) is 28.2 Å². The van der Waals surface area contributed by atoms with Gasteiger partial charge in [-0.05, 0) is 57.9 Å². The fraction of sp³-hybridized carbons (Fsp3) is 0.625. The predicted molar refractivity (Wildman–Crippen MR) is 90.3 cm³/mol. The minimum absolute atomic E-state index is 0.0989. The molecule has 0 radical (unpaired) electrons. The first-order chi connectivity index (χ1) is 9.37. The lowest BCUT2D eigenvalue weighted by molar-refractivity contribution is 0.289. The average molecular weight is 343 g/mol. The van der Waals surface area contributed by atoms with Crippen LogP contribution in [0.1, 0.15) is 39.7 Å². The van der Waals surface area contributed by atoms with E-state index in [4.69, 9.17) is 5.11 Å². The zero-order valence-corrected chi connectivity index (χ0v) is 14.6. The van der Waals surface area contributed by atoms with Crippen LogP contribution in [0.2, 0.25) is 0 Å². The SMILES string of the molecule is CCN(CCCO)c1ccc(Br)cc1CNC(C)(C)C. The van der Waals surface area contributed by atoms with Crippen LogP contribution in [0.3, 0.4) is 0 Å². The van der Waals surface area contributed by atoms with E-state index in [0.717, 1.165) is 30.5 Å². The Bertz CT molecular complexity index is 415. The summed E-state index contributed by atoms with van der Waals surface area (Å²) in [4.78, 5) is 2.32. The first kappa shape index (κ1) is 17.5. The topological polar surface area (TPSA) is 35.5 Å². The highest BCUT2D eigenvalue weighted by molar-refractivity contribution is 9.10. The third kappa shape index (κ3) is 5.81. The number of anilines is 1. The van der Waals surface area contributed by atoms with Crippen molar-refractivity contribution in [2.24, 2.45) is 0 Å². The van der Waals surface area contributed by atoms with Crippen molar-refractivity contribution >= 4 is 21.6 Å². The second kappa shape index (κ2) is 8.01. The van der Waals surface area contributed by atoms with Crippen molar-refractivity contribution < 1.29 is 5.11 Å². The first-order valence-corrected chi connectivity index (χ1v) is 8.06. The Morgan fingerprint density at radius 3 is 2.55 bits per heavy atom. The van der Waals surface area contributed by atoms with Crippen molar-refractivity contribution in [1.29, 1.82) is 0 Å². The lowest BCUT2D eigenvalue weighted by Gasteiger charge is -2.28. The number of nitrogens with one attached hydrogen (secondary N) is 1. The van der Waals surface area contributed by atoms with Gasteiger partial charge in [0.2, 0.25) is 0 Å². The molecule has 2 N–H and O–H groups in total. The molecule has 0 saturated carbocycles. The molecule has 0 amide bonds. The van der Waals surface area contributed by atoms with Gasteiger partial charge >= 0.3 is 0 Å². The number of halogens is 1. The van der Waals surface area contributed by atoms with Crippen molar-refractivity contribution in [2.45, 2.75) is 46.2 Å². The van der Waals surface area contributed by atoms with Crippen LogP contribution in [-0.4, -0.2) is 30.3 Å². The maximum Gasteiger partial charge on any atom is 0.0447 e. The number of rotatable bonds is 7. The quantitative estimate of drug-likeness (QED) is 0.795. The molecular formula is C16H27BrN2O. The summed E-state index contributed by atoms with van der Waals surface area (Å²) < 4.78 is 1.10. The van der Waals surface area contributed by atoms with E-state index in [1.165, 1.54) is 11.3 Å². The molecule has 0 atom stereocenters. The Hall–Kier alpha value is -0.580. The Morgan fingerprint density at radius 1 is 1.30 bits per heavy atom. The number of hydrogen-bond acceptors (Lipinski definition) is 3. The highest BCUT2D eigenvalue weighted by atomic mass is 79.9. The number of aliphatic hydroxyl groups excluding tert-OH is 1. The van der Waals surface area contributed by atoms with Crippen LogP contribution in [0.25, 0.3) is 0 Å². The van der Waals surface area contributed by atoms with Crippen LogP contribution in [0.4, 0.5) is 5.69 Å². The molecule has 0 aliphatic heterocycles. The van der Waals surface area contributed by atoms with E-state index in [1.54, 1.807) is 0 Å². The summed E-state index contributed by atoms with van der Waals surface area (Å²) in [5, 5.41) is 12.6. The van der Waals surface area contributed by atoms with Crippen molar-refractivity contribution in [1.82, 2.24) is 5.32 Å². The molecular weight excluding hydrogens is 316 g/mol. The van der Waals surface area contributed by atoms with Crippen LogP contribution in [0.15, 0.2) is 22.7 Å². The summed E-state index contributed by atoms with van der Waals surface area (Å²) in [6.45, 7) is 11.6. The number of hydrogen-bond donors (Lipinski definition) is 2. The van der Waals surface area contributed by atoms with Crippen LogP contribution >= 0.6 is 15.9 Å². The van der Waals surface area contributed by atoms with E-state index in [0.29, 0.717) is 0 Å². The molecule has 3 nitrogen and oxygen atoms in total. The van der Waals surface area contributed by atoms with E-state index in [1.807, 2.05) is 0 Å². The lowest BCUT2D eigenvalue weighted by atomic mass is 10.1. The van der Waals surface area contributed by atoms with Gasteiger partial charge in [-0.3, -0.25) is 0 Å². The molecule has 0 spiro atoms. The van der Waals surface area contributed by atoms with Gasteiger partial charge in [-0.25, -0.2) is 0 Å².